The predicted molar refractivity (Wildman–Crippen MR) is 67.7 cm³/mol. The molecule has 0 aliphatic carbocycles. The second-order valence-corrected chi connectivity index (χ2v) is 4.16. The first-order valence-electron chi connectivity index (χ1n) is 5.57. The summed E-state index contributed by atoms with van der Waals surface area (Å²) in [6.07, 6.45) is -4.71. The van der Waals surface area contributed by atoms with Crippen molar-refractivity contribution in [2.75, 3.05) is 5.73 Å². The monoisotopic (exact) mass is 267 g/mol. The largest absolute Gasteiger partial charge is 0.573 e. The number of halogens is 3. The van der Waals surface area contributed by atoms with E-state index in [1.807, 2.05) is 31.2 Å². The highest BCUT2D eigenvalue weighted by Crippen LogP contribution is 2.31. The summed E-state index contributed by atoms with van der Waals surface area (Å²) in [6.45, 7) is 1.95. The topological polar surface area (TPSA) is 35.2 Å². The number of rotatable bonds is 2. The van der Waals surface area contributed by atoms with Gasteiger partial charge in [0.25, 0.3) is 0 Å². The van der Waals surface area contributed by atoms with Gasteiger partial charge in [0.05, 0.1) is 0 Å². The number of benzene rings is 2. The lowest BCUT2D eigenvalue weighted by Crippen LogP contribution is -2.17. The van der Waals surface area contributed by atoms with Crippen LogP contribution in [0.2, 0.25) is 0 Å². The molecule has 2 nitrogen and oxygen atoms in total. The van der Waals surface area contributed by atoms with Crippen LogP contribution in [0, 0.1) is 6.92 Å². The summed E-state index contributed by atoms with van der Waals surface area (Å²) in [4.78, 5) is 0. The fraction of sp³-hybridized carbons (Fsp3) is 0.143. The summed E-state index contributed by atoms with van der Waals surface area (Å²) in [5.41, 5.74) is 8.63. The number of hydrogen-bond acceptors (Lipinski definition) is 2. The Morgan fingerprint density at radius 2 is 1.63 bits per heavy atom. The average Bonchev–Trinajstić information content (AvgIpc) is 2.29. The molecule has 0 aliphatic rings. The summed E-state index contributed by atoms with van der Waals surface area (Å²) in [5, 5.41) is 0. The smallest absolute Gasteiger partial charge is 0.406 e. The molecule has 0 amide bonds. The zero-order valence-corrected chi connectivity index (χ0v) is 10.2. The molecular formula is C14H12F3NO. The van der Waals surface area contributed by atoms with Crippen molar-refractivity contribution in [1.82, 2.24) is 0 Å². The number of nitrogen functional groups attached to an aromatic ring is 1. The molecule has 0 atom stereocenters. The first kappa shape index (κ1) is 13.3. The summed E-state index contributed by atoms with van der Waals surface area (Å²) in [5.74, 6) is -0.319. The molecule has 2 N–H and O–H groups in total. The second kappa shape index (κ2) is 4.84. The molecule has 0 radical (unpaired) electrons. The van der Waals surface area contributed by atoms with Crippen molar-refractivity contribution < 1.29 is 17.9 Å². The third-order valence-corrected chi connectivity index (χ3v) is 2.62. The van der Waals surface area contributed by atoms with E-state index >= 15 is 0 Å². The fourth-order valence-electron chi connectivity index (χ4n) is 1.73. The van der Waals surface area contributed by atoms with Crippen LogP contribution in [0.5, 0.6) is 5.75 Å². The van der Waals surface area contributed by atoms with E-state index in [4.69, 9.17) is 5.73 Å². The van der Waals surface area contributed by atoms with Gasteiger partial charge >= 0.3 is 6.36 Å². The Kier molecular flexibility index (Phi) is 3.38. The maximum absolute atomic E-state index is 12.1. The minimum absolute atomic E-state index is 0.241. The fourth-order valence-corrected chi connectivity index (χ4v) is 1.73. The molecule has 2 aromatic carbocycles. The van der Waals surface area contributed by atoms with Gasteiger partial charge < -0.3 is 10.5 Å². The number of ether oxygens (including phenoxy) is 1. The van der Waals surface area contributed by atoms with Crippen LogP contribution in [0.25, 0.3) is 11.1 Å². The maximum atomic E-state index is 12.1. The van der Waals surface area contributed by atoms with E-state index in [2.05, 4.69) is 4.74 Å². The van der Waals surface area contributed by atoms with Crippen molar-refractivity contribution in [2.45, 2.75) is 13.3 Å². The van der Waals surface area contributed by atoms with Crippen LogP contribution in [-0.2, 0) is 0 Å². The molecule has 2 rings (SSSR count). The van der Waals surface area contributed by atoms with Crippen LogP contribution in [0.3, 0.4) is 0 Å². The van der Waals surface area contributed by atoms with Gasteiger partial charge in [-0.15, -0.1) is 13.2 Å². The first-order chi connectivity index (χ1) is 8.85. The Labute approximate surface area is 108 Å². The summed E-state index contributed by atoms with van der Waals surface area (Å²) >= 11 is 0. The number of anilines is 1. The zero-order chi connectivity index (χ0) is 14.0. The zero-order valence-electron chi connectivity index (χ0n) is 10.2. The molecule has 0 spiro atoms. The number of aryl methyl sites for hydroxylation is 1. The Morgan fingerprint density at radius 3 is 2.16 bits per heavy atom. The summed E-state index contributed by atoms with van der Waals surface area (Å²) in [7, 11) is 0. The van der Waals surface area contributed by atoms with E-state index in [1.54, 1.807) is 0 Å². The van der Waals surface area contributed by atoms with Crippen LogP contribution >= 0.6 is 0 Å². The molecule has 0 bridgehead atoms. The lowest BCUT2D eigenvalue weighted by Gasteiger charge is -2.11. The van der Waals surface area contributed by atoms with Gasteiger partial charge in [0, 0.05) is 17.3 Å². The Hall–Kier alpha value is -2.17. The predicted octanol–water partition coefficient (Wildman–Crippen LogP) is 4.14. The summed E-state index contributed by atoms with van der Waals surface area (Å²) in [6, 6.07) is 11.5. The van der Waals surface area contributed by atoms with Crippen molar-refractivity contribution >= 4 is 5.69 Å². The highest BCUT2D eigenvalue weighted by atomic mass is 19.4. The van der Waals surface area contributed by atoms with E-state index in [1.165, 1.54) is 18.2 Å². The first-order valence-corrected chi connectivity index (χ1v) is 5.57. The van der Waals surface area contributed by atoms with Crippen LogP contribution in [0.15, 0.2) is 42.5 Å². The normalized spacial score (nSPS) is 11.4. The van der Waals surface area contributed by atoms with Gasteiger partial charge in [-0.25, -0.2) is 0 Å². The van der Waals surface area contributed by atoms with Crippen LogP contribution in [-0.4, -0.2) is 6.36 Å². The van der Waals surface area contributed by atoms with E-state index < -0.39 is 6.36 Å². The van der Waals surface area contributed by atoms with Crippen molar-refractivity contribution in [1.29, 1.82) is 0 Å². The SMILES string of the molecule is Cc1ccc(-c2ccc(OC(F)(F)F)cc2N)cc1. The van der Waals surface area contributed by atoms with Gasteiger partial charge in [0.1, 0.15) is 5.75 Å². The van der Waals surface area contributed by atoms with E-state index in [0.29, 0.717) is 5.56 Å². The lowest BCUT2D eigenvalue weighted by atomic mass is 10.0. The molecule has 0 aliphatic heterocycles. The van der Waals surface area contributed by atoms with Gasteiger partial charge in [-0.3, -0.25) is 0 Å². The van der Waals surface area contributed by atoms with E-state index in [9.17, 15) is 13.2 Å². The third kappa shape index (κ3) is 3.40. The van der Waals surface area contributed by atoms with Gasteiger partial charge in [0.2, 0.25) is 0 Å². The molecule has 19 heavy (non-hydrogen) atoms. The average molecular weight is 267 g/mol. The molecule has 5 heteroatoms. The molecule has 0 unspecified atom stereocenters. The van der Waals surface area contributed by atoms with Crippen LogP contribution < -0.4 is 10.5 Å². The van der Waals surface area contributed by atoms with Gasteiger partial charge in [0.15, 0.2) is 0 Å². The second-order valence-electron chi connectivity index (χ2n) is 4.16. The Balaban J connectivity index is 2.31. The molecule has 0 heterocycles. The highest BCUT2D eigenvalue weighted by molar-refractivity contribution is 5.77. The van der Waals surface area contributed by atoms with Gasteiger partial charge in [-0.05, 0) is 24.6 Å². The minimum atomic E-state index is -4.71. The highest BCUT2D eigenvalue weighted by Gasteiger charge is 2.31. The van der Waals surface area contributed by atoms with Crippen molar-refractivity contribution in [3.05, 3.63) is 48.0 Å². The van der Waals surface area contributed by atoms with Gasteiger partial charge in [-0.1, -0.05) is 29.8 Å². The molecule has 0 aromatic heterocycles. The minimum Gasteiger partial charge on any atom is -0.406 e. The quantitative estimate of drug-likeness (QED) is 0.830. The molecule has 2 aromatic rings. The van der Waals surface area contributed by atoms with E-state index in [-0.39, 0.29) is 11.4 Å². The van der Waals surface area contributed by atoms with Crippen LogP contribution in [0.4, 0.5) is 18.9 Å². The molecule has 100 valence electrons. The molecular weight excluding hydrogens is 255 g/mol. The van der Waals surface area contributed by atoms with E-state index in [0.717, 1.165) is 11.1 Å². The number of nitrogens with two attached hydrogens (primary N) is 1. The van der Waals surface area contributed by atoms with Crippen LogP contribution in [0.1, 0.15) is 5.56 Å². The molecule has 0 saturated heterocycles. The Morgan fingerprint density at radius 1 is 1.00 bits per heavy atom. The van der Waals surface area contributed by atoms with Gasteiger partial charge in [-0.2, -0.15) is 0 Å². The standard InChI is InChI=1S/C14H12F3NO/c1-9-2-4-10(5-3-9)12-7-6-11(8-13(12)18)19-14(15,16)17/h2-8H,18H2,1H3. The number of hydrogen-bond donors (Lipinski definition) is 1. The molecule has 0 fully saturated rings. The maximum Gasteiger partial charge on any atom is 0.573 e. The third-order valence-electron chi connectivity index (χ3n) is 2.62. The van der Waals surface area contributed by atoms with Crippen molar-refractivity contribution in [2.24, 2.45) is 0 Å². The number of alkyl halides is 3. The van der Waals surface area contributed by atoms with Crippen molar-refractivity contribution in [3.8, 4) is 16.9 Å². The Bertz CT molecular complexity index is 576. The molecule has 0 saturated carbocycles. The summed E-state index contributed by atoms with van der Waals surface area (Å²) < 4.78 is 40.0. The van der Waals surface area contributed by atoms with Crippen molar-refractivity contribution in [3.63, 3.8) is 0 Å². The lowest BCUT2D eigenvalue weighted by molar-refractivity contribution is -0.274.